The van der Waals surface area contributed by atoms with Gasteiger partial charge in [0, 0.05) is 39.8 Å². The van der Waals surface area contributed by atoms with Gasteiger partial charge < -0.3 is 61.6 Å². The summed E-state index contributed by atoms with van der Waals surface area (Å²) in [6.07, 6.45) is -2.95. The molecule has 11 unspecified atom stereocenters. The van der Waals surface area contributed by atoms with E-state index in [1.807, 2.05) is 0 Å². The van der Waals surface area contributed by atoms with E-state index in [1.165, 1.54) is 37.8 Å². The van der Waals surface area contributed by atoms with Gasteiger partial charge in [-0.3, -0.25) is 43.2 Å². The van der Waals surface area contributed by atoms with Gasteiger partial charge in [-0.05, 0) is 80.5 Å². The number of aliphatic hydroxyl groups is 1. The Bertz CT molecular complexity index is 2390. The number of likely N-dealkylation sites (tertiary alicyclic amines) is 1. The Hall–Kier alpha value is -7.10. The first kappa shape index (κ1) is 58.8. The Morgan fingerprint density at radius 3 is 2.12 bits per heavy atom. The van der Waals surface area contributed by atoms with Crippen LogP contribution in [-0.2, 0) is 65.5 Å². The normalized spacial score (nSPS) is 26.1. The number of nitrogens with one attached hydrogen (secondary N) is 5. The highest BCUT2D eigenvalue weighted by molar-refractivity contribution is 5.99. The second-order valence-electron chi connectivity index (χ2n) is 20.2. The van der Waals surface area contributed by atoms with Crippen molar-refractivity contribution >= 4 is 59.1 Å². The van der Waals surface area contributed by atoms with Crippen molar-refractivity contribution in [3.05, 3.63) is 65.7 Å². The molecule has 3 saturated heterocycles. The third-order valence-corrected chi connectivity index (χ3v) is 14.2. The van der Waals surface area contributed by atoms with Crippen molar-refractivity contribution in [3.8, 4) is 5.75 Å². The Balaban J connectivity index is 1.62. The average Bonchev–Trinajstić information content (AvgIpc) is 3.88. The number of rotatable bonds is 16. The van der Waals surface area contributed by atoms with E-state index in [1.54, 1.807) is 82.3 Å². The van der Waals surface area contributed by atoms with Crippen LogP contribution < -0.4 is 37.1 Å². The SMILES string of the molecule is CCC(C)C1NC(=O)C(Cc2ccc(OC)cc2)N(C)C(=O)C(Cc2ccccc2)N2C(=O)C(CCC2O)NC(=O)C(CC(C)C)NC(=O)C(NC(=O)C(CCC(N)=O)NC(=O)C2CCCN2C(C)=O)C(C)OC1=O. The highest BCUT2D eigenvalue weighted by atomic mass is 16.5. The molecule has 0 radical (unpaired) electrons. The van der Waals surface area contributed by atoms with E-state index in [9.17, 15) is 48.3 Å². The predicted octanol–water partition coefficient (Wildman–Crippen LogP) is 0.355. The van der Waals surface area contributed by atoms with Crippen molar-refractivity contribution in [1.29, 1.82) is 0 Å². The number of hydrogen-bond donors (Lipinski definition) is 7. The van der Waals surface area contributed by atoms with Crippen molar-refractivity contribution in [1.82, 2.24) is 41.3 Å². The molecule has 22 nitrogen and oxygen atoms in total. The quantitative estimate of drug-likeness (QED) is 0.112. The molecule has 9 amide bonds. The van der Waals surface area contributed by atoms with E-state index in [0.717, 1.165) is 4.90 Å². The summed E-state index contributed by atoms with van der Waals surface area (Å²) in [6.45, 7) is 9.95. The molecular weight excluding hydrogens is 971 g/mol. The minimum atomic E-state index is -1.81. The number of carbonyl (C=O) groups excluding carboxylic acids is 10. The molecule has 22 heteroatoms. The molecule has 0 aliphatic carbocycles. The average molecular weight is 1050 g/mol. The van der Waals surface area contributed by atoms with Gasteiger partial charge in [0.15, 0.2) is 0 Å². The summed E-state index contributed by atoms with van der Waals surface area (Å²) in [5.41, 5.74) is 6.68. The van der Waals surface area contributed by atoms with Crippen molar-refractivity contribution < 1.29 is 62.5 Å². The van der Waals surface area contributed by atoms with E-state index in [0.29, 0.717) is 42.7 Å². The number of ether oxygens (including phenoxy) is 2. The number of carbonyl (C=O) groups is 10. The summed E-state index contributed by atoms with van der Waals surface area (Å²) < 4.78 is 11.3. The zero-order chi connectivity index (χ0) is 55.3. The summed E-state index contributed by atoms with van der Waals surface area (Å²) in [7, 11) is 2.89. The molecule has 8 N–H and O–H groups in total. The number of benzene rings is 2. The molecule has 2 aromatic carbocycles. The van der Waals surface area contributed by atoms with Crippen LogP contribution in [0.1, 0.15) is 104 Å². The molecule has 5 rings (SSSR count). The topological polar surface area (TPSA) is 305 Å². The third-order valence-electron chi connectivity index (χ3n) is 14.2. The first-order chi connectivity index (χ1) is 35.5. The van der Waals surface area contributed by atoms with Crippen LogP contribution in [0.15, 0.2) is 54.6 Å². The molecule has 410 valence electrons. The van der Waals surface area contributed by atoms with Gasteiger partial charge in [-0.2, -0.15) is 0 Å². The summed E-state index contributed by atoms with van der Waals surface area (Å²) in [6, 6.07) is 4.45. The maximum atomic E-state index is 15.2. The van der Waals surface area contributed by atoms with Crippen LogP contribution in [0.3, 0.4) is 0 Å². The monoisotopic (exact) mass is 1050 g/mol. The summed E-state index contributed by atoms with van der Waals surface area (Å²) in [5, 5.41) is 25.0. The molecule has 3 fully saturated rings. The summed E-state index contributed by atoms with van der Waals surface area (Å²) in [5.74, 6) is -8.38. The maximum absolute atomic E-state index is 15.2. The number of likely N-dealkylation sites (N-methyl/N-ethyl adjacent to an activating group) is 1. The van der Waals surface area contributed by atoms with E-state index in [4.69, 9.17) is 15.2 Å². The number of aliphatic hydroxyl groups excluding tert-OH is 1. The van der Waals surface area contributed by atoms with Crippen LogP contribution in [0.4, 0.5) is 0 Å². The summed E-state index contributed by atoms with van der Waals surface area (Å²) >= 11 is 0. The lowest BCUT2D eigenvalue weighted by atomic mass is 9.94. The lowest BCUT2D eigenvalue weighted by molar-refractivity contribution is -0.165. The second-order valence-corrected chi connectivity index (χ2v) is 20.2. The van der Waals surface area contributed by atoms with E-state index in [2.05, 4.69) is 26.6 Å². The van der Waals surface area contributed by atoms with Gasteiger partial charge in [0.1, 0.15) is 66.4 Å². The number of primary amides is 1. The zero-order valence-electron chi connectivity index (χ0n) is 44.2. The number of methoxy groups -OCH3 is 1. The number of cyclic esters (lactones) is 1. The van der Waals surface area contributed by atoms with Crippen LogP contribution in [0.5, 0.6) is 5.75 Å². The molecule has 0 saturated carbocycles. The Morgan fingerprint density at radius 1 is 0.853 bits per heavy atom. The van der Waals surface area contributed by atoms with Gasteiger partial charge in [-0.15, -0.1) is 0 Å². The molecule has 2 aromatic rings. The van der Waals surface area contributed by atoms with Gasteiger partial charge in [0.2, 0.25) is 53.2 Å². The van der Waals surface area contributed by atoms with Crippen LogP contribution in [0, 0.1) is 11.8 Å². The smallest absolute Gasteiger partial charge is 0.329 e. The first-order valence-electron chi connectivity index (χ1n) is 25.8. The number of nitrogens with two attached hydrogens (primary N) is 1. The largest absolute Gasteiger partial charge is 0.497 e. The van der Waals surface area contributed by atoms with E-state index >= 15 is 4.79 Å². The highest BCUT2D eigenvalue weighted by Gasteiger charge is 2.46. The van der Waals surface area contributed by atoms with Crippen LogP contribution in [-0.4, -0.2) is 160 Å². The van der Waals surface area contributed by atoms with Crippen LogP contribution in [0.25, 0.3) is 0 Å². The molecule has 3 heterocycles. The zero-order valence-corrected chi connectivity index (χ0v) is 44.2. The van der Waals surface area contributed by atoms with Gasteiger partial charge in [0.05, 0.1) is 7.11 Å². The molecule has 2 bridgehead atoms. The van der Waals surface area contributed by atoms with Crippen molar-refractivity contribution in [2.75, 3.05) is 20.7 Å². The van der Waals surface area contributed by atoms with Crippen molar-refractivity contribution in [2.45, 2.75) is 166 Å². The van der Waals surface area contributed by atoms with Gasteiger partial charge >= 0.3 is 5.97 Å². The molecule has 11 atom stereocenters. The van der Waals surface area contributed by atoms with E-state index < -0.39 is 120 Å². The van der Waals surface area contributed by atoms with Crippen molar-refractivity contribution in [3.63, 3.8) is 0 Å². The number of esters is 1. The number of fused-ring (bicyclic) bond motifs is 2. The number of piperidine rings is 1. The predicted molar refractivity (Wildman–Crippen MR) is 272 cm³/mol. The third kappa shape index (κ3) is 15.5. The second kappa shape index (κ2) is 26.9. The van der Waals surface area contributed by atoms with E-state index in [-0.39, 0.29) is 56.8 Å². The molecule has 75 heavy (non-hydrogen) atoms. The maximum Gasteiger partial charge on any atom is 0.329 e. The minimum Gasteiger partial charge on any atom is -0.497 e. The minimum absolute atomic E-state index is 0.00259. The molecule has 0 aromatic heterocycles. The lowest BCUT2D eigenvalue weighted by Gasteiger charge is -2.43. The van der Waals surface area contributed by atoms with Crippen molar-refractivity contribution in [2.24, 2.45) is 17.6 Å². The van der Waals surface area contributed by atoms with Gasteiger partial charge in [-0.25, -0.2) is 4.79 Å². The fraction of sp³-hybridized carbons (Fsp3) is 0.585. The van der Waals surface area contributed by atoms with Crippen LogP contribution >= 0.6 is 0 Å². The fourth-order valence-electron chi connectivity index (χ4n) is 9.69. The van der Waals surface area contributed by atoms with Gasteiger partial charge in [-0.1, -0.05) is 76.6 Å². The molecule has 3 aliphatic heterocycles. The highest BCUT2D eigenvalue weighted by Crippen LogP contribution is 2.26. The first-order valence-corrected chi connectivity index (χ1v) is 25.8. The Kier molecular flexibility index (Phi) is 21.1. The number of hydrogen-bond acceptors (Lipinski definition) is 13. The lowest BCUT2D eigenvalue weighted by Crippen LogP contribution is -2.65. The standard InChI is InChI=1S/C53H75N9O13/c1-9-30(4)44-53(73)75-31(5)45(59-46(66)36(21-23-42(54)64)55-48(68)39-16-13-25-61(39)32(6)63)50(70)57-38(26-29(2)3)47(67)56-37-22-24-43(65)62(51(37)71)41(28-33-14-11-10-12-15-33)52(72)60(7)40(49(69)58-44)27-34-17-19-35(74-8)20-18-34/h10-12,14-15,17-20,29-31,36-41,43-45,65H,9,13,16,21-28H2,1-8H3,(H2,54,64)(H,55,68)(H,56,67)(H,57,70)(H,58,69)(H,59,66). The molecular formula is C53H75N9O13. The Morgan fingerprint density at radius 2 is 1.51 bits per heavy atom. The molecule has 0 spiro atoms. The van der Waals surface area contributed by atoms with Gasteiger partial charge in [0.25, 0.3) is 0 Å². The molecule has 3 aliphatic rings. The fourth-order valence-corrected chi connectivity index (χ4v) is 9.69. The van der Waals surface area contributed by atoms with Crippen LogP contribution in [0.2, 0.25) is 0 Å². The Labute approximate surface area is 437 Å². The number of nitrogens with zero attached hydrogens (tertiary/aromatic N) is 3. The number of amides is 9. The summed E-state index contributed by atoms with van der Waals surface area (Å²) in [4.78, 5) is 145.